The Kier molecular flexibility index (Phi) is 6.22. The van der Waals surface area contributed by atoms with E-state index < -0.39 is 0 Å². The van der Waals surface area contributed by atoms with Gasteiger partial charge in [-0.2, -0.15) is 5.26 Å². The Morgan fingerprint density at radius 3 is 1.96 bits per heavy atom. The molecule has 1 aliphatic rings. The highest BCUT2D eigenvalue weighted by Crippen LogP contribution is 2.42. The second kappa shape index (κ2) is 8.80. The maximum absolute atomic E-state index is 9.59. The molecule has 2 aromatic carbocycles. The molecular formula is C22H27N3. The van der Waals surface area contributed by atoms with E-state index in [1.807, 2.05) is 0 Å². The van der Waals surface area contributed by atoms with E-state index in [1.165, 1.54) is 11.1 Å². The second-order valence-corrected chi connectivity index (χ2v) is 6.79. The van der Waals surface area contributed by atoms with Crippen LogP contribution in [-0.2, 0) is 0 Å². The summed E-state index contributed by atoms with van der Waals surface area (Å²) in [7, 11) is 0. The highest BCUT2D eigenvalue weighted by Gasteiger charge is 2.36. The largest absolute Gasteiger partial charge is 0.237 e. The minimum absolute atomic E-state index is 0.129. The Bertz CT molecular complexity index is 630. The number of unbranched alkanes of at least 4 members (excludes halogenated alkanes) is 1. The van der Waals surface area contributed by atoms with Gasteiger partial charge in [0.1, 0.15) is 6.04 Å². The lowest BCUT2D eigenvalue weighted by molar-refractivity contribution is 0.102. The first kappa shape index (κ1) is 17.7. The van der Waals surface area contributed by atoms with Crippen molar-refractivity contribution in [2.45, 2.75) is 57.2 Å². The minimum atomic E-state index is -0.129. The topological polar surface area (TPSA) is 39.1 Å². The molecule has 0 aliphatic carbocycles. The Morgan fingerprint density at radius 1 is 1.00 bits per heavy atom. The van der Waals surface area contributed by atoms with E-state index in [4.69, 9.17) is 0 Å². The number of hydrogen-bond acceptors (Lipinski definition) is 3. The van der Waals surface area contributed by atoms with Gasteiger partial charge in [-0.1, -0.05) is 80.4 Å². The average Bonchev–Trinajstić information content (AvgIpc) is 3.10. The first-order valence-corrected chi connectivity index (χ1v) is 9.37. The molecule has 25 heavy (non-hydrogen) atoms. The van der Waals surface area contributed by atoms with E-state index in [2.05, 4.69) is 84.1 Å². The Morgan fingerprint density at radius 2 is 1.52 bits per heavy atom. The van der Waals surface area contributed by atoms with E-state index >= 15 is 0 Å². The van der Waals surface area contributed by atoms with Crippen molar-refractivity contribution in [1.82, 2.24) is 10.4 Å². The van der Waals surface area contributed by atoms with Crippen LogP contribution in [-0.4, -0.2) is 11.1 Å². The molecule has 3 nitrogen and oxygen atoms in total. The van der Waals surface area contributed by atoms with Crippen LogP contribution in [0.5, 0.6) is 0 Å². The molecule has 3 atom stereocenters. The molecule has 1 fully saturated rings. The molecule has 1 aliphatic heterocycles. The molecular weight excluding hydrogens is 306 g/mol. The number of nitrogens with one attached hydrogen (secondary N) is 1. The molecule has 0 bridgehead atoms. The predicted molar refractivity (Wildman–Crippen MR) is 102 cm³/mol. The summed E-state index contributed by atoms with van der Waals surface area (Å²) in [6.07, 6.45) is 5.28. The molecule has 1 heterocycles. The number of hydrazine groups is 1. The quantitative estimate of drug-likeness (QED) is 0.761. The van der Waals surface area contributed by atoms with Crippen LogP contribution >= 0.6 is 0 Å². The monoisotopic (exact) mass is 333 g/mol. The van der Waals surface area contributed by atoms with Crippen LogP contribution in [0.25, 0.3) is 0 Å². The van der Waals surface area contributed by atoms with Crippen molar-refractivity contribution in [3.63, 3.8) is 0 Å². The molecule has 0 aromatic heterocycles. The normalized spacial score (nSPS) is 21.8. The third-order valence-electron chi connectivity index (χ3n) is 5.06. The number of rotatable bonds is 7. The summed E-state index contributed by atoms with van der Waals surface area (Å²) in [5.74, 6) is 0. The summed E-state index contributed by atoms with van der Waals surface area (Å²) in [6, 6.07) is 24.2. The van der Waals surface area contributed by atoms with Crippen LogP contribution in [0.4, 0.5) is 0 Å². The van der Waals surface area contributed by atoms with Crippen LogP contribution in [0.2, 0.25) is 0 Å². The third kappa shape index (κ3) is 4.28. The van der Waals surface area contributed by atoms with Crippen LogP contribution in [0.1, 0.15) is 62.2 Å². The molecule has 2 aromatic rings. The lowest BCUT2D eigenvalue weighted by Crippen LogP contribution is -2.45. The fourth-order valence-electron chi connectivity index (χ4n) is 3.74. The molecule has 3 rings (SSSR count). The zero-order valence-corrected chi connectivity index (χ0v) is 14.9. The molecule has 0 radical (unpaired) electrons. The average molecular weight is 333 g/mol. The van der Waals surface area contributed by atoms with Gasteiger partial charge in [0.15, 0.2) is 0 Å². The van der Waals surface area contributed by atoms with E-state index in [0.29, 0.717) is 12.1 Å². The first-order chi connectivity index (χ1) is 12.3. The molecule has 1 saturated heterocycles. The van der Waals surface area contributed by atoms with Crippen molar-refractivity contribution in [2.24, 2.45) is 0 Å². The highest BCUT2D eigenvalue weighted by molar-refractivity contribution is 5.25. The minimum Gasteiger partial charge on any atom is -0.237 e. The Balaban J connectivity index is 1.85. The van der Waals surface area contributed by atoms with Crippen LogP contribution in [0, 0.1) is 11.3 Å². The summed E-state index contributed by atoms with van der Waals surface area (Å²) in [6.45, 7) is 2.17. The Labute approximate surface area is 151 Å². The maximum Gasteiger partial charge on any atom is 0.108 e. The molecule has 130 valence electrons. The van der Waals surface area contributed by atoms with Gasteiger partial charge in [0, 0.05) is 0 Å². The van der Waals surface area contributed by atoms with Crippen LogP contribution in [0.3, 0.4) is 0 Å². The number of hydrogen-bond donors (Lipinski definition) is 1. The smallest absolute Gasteiger partial charge is 0.108 e. The first-order valence-electron chi connectivity index (χ1n) is 9.37. The SMILES string of the molecule is CCCC[C@H](C#N)NN1[C@H](c2ccccc2)CC[C@H]1c1ccccc1. The van der Waals surface area contributed by atoms with Gasteiger partial charge in [0.05, 0.1) is 18.2 Å². The number of nitriles is 1. The van der Waals surface area contributed by atoms with Gasteiger partial charge in [-0.15, -0.1) is 0 Å². The fourth-order valence-corrected chi connectivity index (χ4v) is 3.74. The van der Waals surface area contributed by atoms with Gasteiger partial charge in [0.2, 0.25) is 0 Å². The summed E-state index contributed by atoms with van der Waals surface area (Å²) >= 11 is 0. The zero-order chi connectivity index (χ0) is 17.5. The van der Waals surface area contributed by atoms with Gasteiger partial charge >= 0.3 is 0 Å². The van der Waals surface area contributed by atoms with Gasteiger partial charge in [-0.25, -0.2) is 10.4 Å². The maximum atomic E-state index is 9.59. The fraction of sp³-hybridized carbons (Fsp3) is 0.409. The van der Waals surface area contributed by atoms with Crippen molar-refractivity contribution >= 4 is 0 Å². The van der Waals surface area contributed by atoms with Crippen molar-refractivity contribution in [2.75, 3.05) is 0 Å². The van der Waals surface area contributed by atoms with Gasteiger partial charge in [-0.3, -0.25) is 0 Å². The van der Waals surface area contributed by atoms with E-state index in [-0.39, 0.29) is 6.04 Å². The zero-order valence-electron chi connectivity index (χ0n) is 14.9. The van der Waals surface area contributed by atoms with Crippen LogP contribution < -0.4 is 5.43 Å². The van der Waals surface area contributed by atoms with E-state index in [9.17, 15) is 5.26 Å². The molecule has 3 heteroatoms. The molecule has 1 N–H and O–H groups in total. The molecule has 0 spiro atoms. The molecule has 0 saturated carbocycles. The Hall–Kier alpha value is -2.15. The highest BCUT2D eigenvalue weighted by atomic mass is 15.6. The van der Waals surface area contributed by atoms with Crippen molar-refractivity contribution in [3.05, 3.63) is 71.8 Å². The van der Waals surface area contributed by atoms with E-state index in [0.717, 1.165) is 32.1 Å². The van der Waals surface area contributed by atoms with Gasteiger partial charge in [-0.05, 0) is 30.4 Å². The lowest BCUT2D eigenvalue weighted by Gasteiger charge is -2.33. The van der Waals surface area contributed by atoms with Crippen molar-refractivity contribution in [1.29, 1.82) is 5.26 Å². The van der Waals surface area contributed by atoms with Gasteiger partial charge in [0.25, 0.3) is 0 Å². The number of nitrogens with zero attached hydrogens (tertiary/aromatic N) is 2. The third-order valence-corrected chi connectivity index (χ3v) is 5.06. The molecule has 0 unspecified atom stereocenters. The summed E-state index contributed by atoms with van der Waals surface area (Å²) in [5, 5.41) is 11.9. The summed E-state index contributed by atoms with van der Waals surface area (Å²) < 4.78 is 0. The standard InChI is InChI=1S/C22H27N3/c1-2-3-14-20(17-23)24-25-21(18-10-6-4-7-11-18)15-16-22(25)19-12-8-5-9-13-19/h4-13,20-22,24H,2-3,14-16H2,1H3/t20-,21+,22+/m1/s1. The summed E-state index contributed by atoms with van der Waals surface area (Å²) in [5.41, 5.74) is 6.21. The predicted octanol–water partition coefficient (Wildman–Crippen LogP) is 5.15. The van der Waals surface area contributed by atoms with Crippen molar-refractivity contribution < 1.29 is 0 Å². The van der Waals surface area contributed by atoms with E-state index in [1.54, 1.807) is 0 Å². The lowest BCUT2D eigenvalue weighted by atomic mass is 10.0. The van der Waals surface area contributed by atoms with Crippen molar-refractivity contribution in [3.8, 4) is 6.07 Å². The second-order valence-electron chi connectivity index (χ2n) is 6.79. The van der Waals surface area contributed by atoms with Gasteiger partial charge < -0.3 is 0 Å². The number of benzene rings is 2. The van der Waals surface area contributed by atoms with Crippen LogP contribution in [0.15, 0.2) is 60.7 Å². The molecule has 0 amide bonds. The summed E-state index contributed by atoms with van der Waals surface area (Å²) in [4.78, 5) is 0.